The van der Waals surface area contributed by atoms with Crippen molar-refractivity contribution in [2.24, 2.45) is 5.41 Å². The molecule has 1 amide bonds. The van der Waals surface area contributed by atoms with E-state index in [0.29, 0.717) is 12.3 Å². The first-order valence-corrected chi connectivity index (χ1v) is 7.97. The maximum atomic E-state index is 11.5. The minimum absolute atomic E-state index is 0.171. The highest BCUT2D eigenvalue weighted by atomic mass is 35.5. The number of carbonyl (C=O) groups is 1. The largest absolute Gasteiger partial charge is 0.355 e. The van der Waals surface area contributed by atoms with Crippen LogP contribution in [0.5, 0.6) is 0 Å². The number of hydrogen-bond acceptors (Lipinski definition) is 2. The van der Waals surface area contributed by atoms with Crippen molar-refractivity contribution in [3.05, 3.63) is 0 Å². The Balaban J connectivity index is 2.30. The van der Waals surface area contributed by atoms with Crippen LogP contribution in [0, 0.1) is 5.41 Å². The molecule has 0 atom stereocenters. The molecule has 1 aliphatic carbocycles. The summed E-state index contributed by atoms with van der Waals surface area (Å²) in [7, 11) is 0. The van der Waals surface area contributed by atoms with Gasteiger partial charge in [0.2, 0.25) is 5.91 Å². The highest BCUT2D eigenvalue weighted by molar-refractivity contribution is 7.98. The summed E-state index contributed by atoms with van der Waals surface area (Å²) in [5.41, 5.74) is 0.175. The van der Waals surface area contributed by atoms with Gasteiger partial charge in [-0.25, -0.2) is 0 Å². The third kappa shape index (κ3) is 4.54. The number of nitrogens with one attached hydrogen (secondary N) is 1. The minimum Gasteiger partial charge on any atom is -0.355 e. The van der Waals surface area contributed by atoms with Crippen LogP contribution in [0.3, 0.4) is 0 Å². The Kier molecular flexibility index (Phi) is 6.59. The van der Waals surface area contributed by atoms with Gasteiger partial charge < -0.3 is 5.32 Å². The fraction of sp³-hybridized carbons (Fsp3) is 0.917. The summed E-state index contributed by atoms with van der Waals surface area (Å²) in [6.45, 7) is 0.768. The number of halogens is 1. The fourth-order valence-electron chi connectivity index (χ4n) is 2.23. The molecule has 0 bridgehead atoms. The van der Waals surface area contributed by atoms with Crippen LogP contribution in [0.15, 0.2) is 0 Å². The Labute approximate surface area is 108 Å². The van der Waals surface area contributed by atoms with Gasteiger partial charge in [0.1, 0.15) is 0 Å². The van der Waals surface area contributed by atoms with Crippen LogP contribution in [0.2, 0.25) is 0 Å². The monoisotopic (exact) mass is 263 g/mol. The molecule has 0 aromatic carbocycles. The Morgan fingerprint density at radius 3 is 2.62 bits per heavy atom. The summed E-state index contributed by atoms with van der Waals surface area (Å²) < 4.78 is 0. The SMILES string of the molecule is CSCCC(=O)NCC1(CCl)CCCCC1. The van der Waals surface area contributed by atoms with Crippen molar-refractivity contribution in [2.75, 3.05) is 24.4 Å². The lowest BCUT2D eigenvalue weighted by Gasteiger charge is -2.35. The second-order valence-electron chi connectivity index (χ2n) is 4.71. The van der Waals surface area contributed by atoms with Gasteiger partial charge in [0.25, 0.3) is 0 Å². The predicted molar refractivity (Wildman–Crippen MR) is 72.2 cm³/mol. The number of carbonyl (C=O) groups excluding carboxylic acids is 1. The molecule has 4 heteroatoms. The van der Waals surface area contributed by atoms with E-state index in [2.05, 4.69) is 5.32 Å². The van der Waals surface area contributed by atoms with E-state index in [9.17, 15) is 4.79 Å². The van der Waals surface area contributed by atoms with Crippen molar-refractivity contribution in [1.29, 1.82) is 0 Å². The lowest BCUT2D eigenvalue weighted by molar-refractivity contribution is -0.121. The Morgan fingerprint density at radius 2 is 2.06 bits per heavy atom. The zero-order valence-corrected chi connectivity index (χ0v) is 11.6. The molecule has 0 aliphatic heterocycles. The standard InChI is InChI=1S/C12H22ClNOS/c1-16-8-5-11(15)14-10-12(9-13)6-3-2-4-7-12/h2-10H2,1H3,(H,14,15). The van der Waals surface area contributed by atoms with Crippen molar-refractivity contribution in [2.45, 2.75) is 38.5 Å². The first-order chi connectivity index (χ1) is 7.72. The summed E-state index contributed by atoms with van der Waals surface area (Å²) in [6, 6.07) is 0. The zero-order valence-electron chi connectivity index (χ0n) is 10.1. The molecule has 94 valence electrons. The van der Waals surface area contributed by atoms with E-state index in [0.717, 1.165) is 12.3 Å². The highest BCUT2D eigenvalue weighted by Gasteiger charge is 2.31. The molecule has 0 radical (unpaired) electrons. The Morgan fingerprint density at radius 1 is 1.38 bits per heavy atom. The first kappa shape index (κ1) is 14.2. The van der Waals surface area contributed by atoms with Crippen molar-refractivity contribution in [3.63, 3.8) is 0 Å². The van der Waals surface area contributed by atoms with Crippen LogP contribution in [-0.2, 0) is 4.79 Å². The van der Waals surface area contributed by atoms with Crippen LogP contribution in [-0.4, -0.2) is 30.3 Å². The molecular weight excluding hydrogens is 242 g/mol. The van der Waals surface area contributed by atoms with E-state index < -0.39 is 0 Å². The number of thioether (sulfide) groups is 1. The maximum Gasteiger partial charge on any atom is 0.220 e. The Hall–Kier alpha value is 0.110. The van der Waals surface area contributed by atoms with E-state index in [1.807, 2.05) is 6.26 Å². The van der Waals surface area contributed by atoms with E-state index in [1.165, 1.54) is 32.1 Å². The van der Waals surface area contributed by atoms with Crippen molar-refractivity contribution >= 4 is 29.3 Å². The molecule has 1 rings (SSSR count). The molecule has 0 aromatic heterocycles. The topological polar surface area (TPSA) is 29.1 Å². The molecule has 0 heterocycles. The second kappa shape index (κ2) is 7.44. The van der Waals surface area contributed by atoms with Crippen LogP contribution in [0.4, 0.5) is 0 Å². The first-order valence-electron chi connectivity index (χ1n) is 6.04. The fourth-order valence-corrected chi connectivity index (χ4v) is 2.98. The molecule has 1 fully saturated rings. The lowest BCUT2D eigenvalue weighted by Crippen LogP contribution is -2.40. The molecule has 0 unspecified atom stereocenters. The van der Waals surface area contributed by atoms with Gasteiger partial charge in [0.15, 0.2) is 0 Å². The van der Waals surface area contributed by atoms with E-state index in [1.54, 1.807) is 11.8 Å². The highest BCUT2D eigenvalue weighted by Crippen LogP contribution is 2.36. The van der Waals surface area contributed by atoms with E-state index in [4.69, 9.17) is 11.6 Å². The minimum atomic E-state index is 0.171. The molecule has 16 heavy (non-hydrogen) atoms. The van der Waals surface area contributed by atoms with Gasteiger partial charge in [0.05, 0.1) is 0 Å². The molecule has 1 N–H and O–H groups in total. The normalized spacial score (nSPS) is 19.4. The Bertz CT molecular complexity index is 217. The van der Waals surface area contributed by atoms with Crippen LogP contribution in [0.1, 0.15) is 38.5 Å². The molecule has 0 spiro atoms. The number of rotatable bonds is 6. The van der Waals surface area contributed by atoms with Crippen molar-refractivity contribution in [1.82, 2.24) is 5.32 Å². The molecule has 0 saturated heterocycles. The molecule has 1 aliphatic rings. The van der Waals surface area contributed by atoms with Gasteiger partial charge in [-0.15, -0.1) is 11.6 Å². The molecule has 1 saturated carbocycles. The van der Waals surface area contributed by atoms with Crippen LogP contribution < -0.4 is 5.32 Å². The average molecular weight is 264 g/mol. The number of amides is 1. The van der Waals surface area contributed by atoms with Gasteiger partial charge in [-0.3, -0.25) is 4.79 Å². The number of hydrogen-bond donors (Lipinski definition) is 1. The van der Waals surface area contributed by atoms with Gasteiger partial charge in [-0.05, 0) is 19.1 Å². The summed E-state index contributed by atoms with van der Waals surface area (Å²) in [5.74, 6) is 1.75. The van der Waals surface area contributed by atoms with E-state index in [-0.39, 0.29) is 11.3 Å². The lowest BCUT2D eigenvalue weighted by atomic mass is 9.75. The molecule has 2 nitrogen and oxygen atoms in total. The number of alkyl halides is 1. The predicted octanol–water partition coefficient (Wildman–Crippen LogP) is 3.05. The second-order valence-corrected chi connectivity index (χ2v) is 5.97. The average Bonchev–Trinajstić information content (AvgIpc) is 2.35. The van der Waals surface area contributed by atoms with E-state index >= 15 is 0 Å². The van der Waals surface area contributed by atoms with Crippen LogP contribution >= 0.6 is 23.4 Å². The molecule has 0 aromatic rings. The summed E-state index contributed by atoms with van der Waals surface area (Å²) in [4.78, 5) is 11.5. The van der Waals surface area contributed by atoms with Crippen molar-refractivity contribution in [3.8, 4) is 0 Å². The van der Waals surface area contributed by atoms with Crippen LogP contribution in [0.25, 0.3) is 0 Å². The third-order valence-corrected chi connectivity index (χ3v) is 4.57. The van der Waals surface area contributed by atoms with Gasteiger partial charge >= 0.3 is 0 Å². The smallest absolute Gasteiger partial charge is 0.220 e. The van der Waals surface area contributed by atoms with Gasteiger partial charge in [0, 0.05) is 30.0 Å². The summed E-state index contributed by atoms with van der Waals surface area (Å²) in [5, 5.41) is 3.04. The van der Waals surface area contributed by atoms with Gasteiger partial charge in [-0.1, -0.05) is 19.3 Å². The zero-order chi connectivity index (χ0) is 11.9. The third-order valence-electron chi connectivity index (χ3n) is 3.39. The quantitative estimate of drug-likeness (QED) is 0.747. The molecular formula is C12H22ClNOS. The van der Waals surface area contributed by atoms with Crippen molar-refractivity contribution < 1.29 is 4.79 Å². The maximum absolute atomic E-state index is 11.5. The van der Waals surface area contributed by atoms with Gasteiger partial charge in [-0.2, -0.15) is 11.8 Å². The summed E-state index contributed by atoms with van der Waals surface area (Å²) in [6.07, 6.45) is 8.81. The summed E-state index contributed by atoms with van der Waals surface area (Å²) >= 11 is 7.78.